The Morgan fingerprint density at radius 2 is 2.27 bits per heavy atom. The van der Waals surface area contributed by atoms with Gasteiger partial charge in [0.2, 0.25) is 0 Å². The van der Waals surface area contributed by atoms with Crippen molar-refractivity contribution in [2.45, 2.75) is 50.6 Å². The highest BCUT2D eigenvalue weighted by Crippen LogP contribution is 2.36. The molecule has 0 aromatic rings. The molecule has 0 aliphatic carbocycles. The summed E-state index contributed by atoms with van der Waals surface area (Å²) in [7, 11) is 0. The minimum atomic E-state index is -1.81. The smallest absolute Gasteiger partial charge is 0.156 e. The van der Waals surface area contributed by atoms with Crippen LogP contribution in [0.3, 0.4) is 0 Å². The molecular weight excluding hydrogens is 216 g/mol. The van der Waals surface area contributed by atoms with E-state index in [9.17, 15) is 9.32 Å². The maximum atomic E-state index is 11.0. The van der Waals surface area contributed by atoms with Crippen LogP contribution >= 0.6 is 0 Å². The fourth-order valence-corrected chi connectivity index (χ4v) is 2.77. The molecule has 1 aliphatic rings. The predicted molar refractivity (Wildman–Crippen MR) is 59.0 cm³/mol. The summed E-state index contributed by atoms with van der Waals surface area (Å²) in [6.45, 7) is 6.04. The second-order valence-electron chi connectivity index (χ2n) is 4.49. The molecule has 1 aliphatic heterocycles. The van der Waals surface area contributed by atoms with Crippen LogP contribution in [0.15, 0.2) is 0 Å². The molecule has 5 unspecified atom stereocenters. The fourth-order valence-electron chi connectivity index (χ4n) is 2.01. The first-order valence-corrected chi connectivity index (χ1v) is 6.49. The van der Waals surface area contributed by atoms with Crippen LogP contribution < -0.4 is 0 Å². The average Bonchev–Trinajstić information content (AvgIpc) is 2.43. The van der Waals surface area contributed by atoms with Crippen molar-refractivity contribution in [2.75, 3.05) is 6.61 Å². The first kappa shape index (κ1) is 13.1. The molecule has 0 amide bonds. The molecule has 0 spiro atoms. The van der Waals surface area contributed by atoms with Crippen LogP contribution in [0.2, 0.25) is 0 Å². The Balaban J connectivity index is 2.67. The second-order valence-corrected chi connectivity index (χ2v) is 5.71. The van der Waals surface area contributed by atoms with E-state index in [0.29, 0.717) is 19.4 Å². The molecule has 5 heteroatoms. The minimum Gasteiger partial charge on any atom is -0.390 e. The number of hydrogen-bond acceptors (Lipinski definition) is 3. The van der Waals surface area contributed by atoms with Crippen LogP contribution in [-0.4, -0.2) is 37.4 Å². The van der Waals surface area contributed by atoms with E-state index in [-0.39, 0.29) is 11.2 Å². The monoisotopic (exact) mass is 236 g/mol. The molecule has 1 saturated heterocycles. The largest absolute Gasteiger partial charge is 0.390 e. The van der Waals surface area contributed by atoms with E-state index in [1.165, 1.54) is 0 Å². The molecule has 1 rings (SSSR count). The molecule has 1 fully saturated rings. The van der Waals surface area contributed by atoms with E-state index in [0.717, 1.165) is 0 Å². The summed E-state index contributed by atoms with van der Waals surface area (Å²) < 4.78 is 25.7. The first-order chi connectivity index (χ1) is 6.90. The van der Waals surface area contributed by atoms with Crippen LogP contribution in [-0.2, 0) is 15.8 Å². The molecule has 1 heterocycles. The number of rotatable bonds is 4. The third-order valence-corrected chi connectivity index (χ3v) is 4.57. The van der Waals surface area contributed by atoms with E-state index in [1.54, 1.807) is 0 Å². The Morgan fingerprint density at radius 3 is 2.60 bits per heavy atom. The number of hydrogen-bond donors (Lipinski definition) is 2. The molecule has 2 N–H and O–H groups in total. The molecule has 0 radical (unpaired) electrons. The number of aliphatic hydroxyl groups is 1. The fraction of sp³-hybridized carbons (Fsp3) is 1.00. The highest BCUT2D eigenvalue weighted by Gasteiger charge is 2.44. The predicted octanol–water partition coefficient (Wildman–Crippen LogP) is 1.16. The maximum Gasteiger partial charge on any atom is 0.156 e. The topological polar surface area (TPSA) is 66.8 Å². The van der Waals surface area contributed by atoms with Crippen LogP contribution in [0.1, 0.15) is 33.6 Å². The van der Waals surface area contributed by atoms with Crippen molar-refractivity contribution in [1.29, 1.82) is 0 Å². The molecule has 5 atom stereocenters. The van der Waals surface area contributed by atoms with Crippen LogP contribution in [0.4, 0.5) is 0 Å². The molecular formula is C10H20O4S. The van der Waals surface area contributed by atoms with Gasteiger partial charge in [0, 0.05) is 5.92 Å². The highest BCUT2D eigenvalue weighted by atomic mass is 32.2. The van der Waals surface area contributed by atoms with E-state index in [4.69, 9.17) is 9.29 Å². The van der Waals surface area contributed by atoms with Gasteiger partial charge in [-0.25, -0.2) is 4.21 Å². The van der Waals surface area contributed by atoms with Gasteiger partial charge in [-0.05, 0) is 19.8 Å². The van der Waals surface area contributed by atoms with Gasteiger partial charge in [-0.1, -0.05) is 13.8 Å². The summed E-state index contributed by atoms with van der Waals surface area (Å²) in [5, 5.41) is 9.32. The van der Waals surface area contributed by atoms with Gasteiger partial charge in [0.25, 0.3) is 0 Å². The molecule has 15 heavy (non-hydrogen) atoms. The SMILES string of the molecule is CCC(CC1(C)OCC(O)C1C)S(=O)O. The van der Waals surface area contributed by atoms with Crippen molar-refractivity contribution >= 4 is 11.1 Å². The molecule has 90 valence electrons. The van der Waals surface area contributed by atoms with Gasteiger partial charge in [-0.2, -0.15) is 0 Å². The zero-order valence-corrected chi connectivity index (χ0v) is 10.3. The summed E-state index contributed by atoms with van der Waals surface area (Å²) in [5.74, 6) is 0.00935. The van der Waals surface area contributed by atoms with E-state index >= 15 is 0 Å². The van der Waals surface area contributed by atoms with Gasteiger partial charge in [-0.15, -0.1) is 0 Å². The molecule has 0 aromatic carbocycles. The van der Waals surface area contributed by atoms with Crippen molar-refractivity contribution in [1.82, 2.24) is 0 Å². The lowest BCUT2D eigenvalue weighted by Crippen LogP contribution is -2.38. The summed E-state index contributed by atoms with van der Waals surface area (Å²) in [5.41, 5.74) is -0.474. The van der Waals surface area contributed by atoms with Crippen LogP contribution in [0.25, 0.3) is 0 Å². The summed E-state index contributed by atoms with van der Waals surface area (Å²) in [4.78, 5) is 0. The lowest BCUT2D eigenvalue weighted by molar-refractivity contribution is -0.00936. The third-order valence-electron chi connectivity index (χ3n) is 3.50. The second kappa shape index (κ2) is 4.91. The van der Waals surface area contributed by atoms with Crippen molar-refractivity contribution in [3.63, 3.8) is 0 Å². The Bertz CT molecular complexity index is 246. The summed E-state index contributed by atoms with van der Waals surface area (Å²) >= 11 is -1.81. The van der Waals surface area contributed by atoms with Crippen molar-refractivity contribution in [3.8, 4) is 0 Å². The number of ether oxygens (including phenoxy) is 1. The third kappa shape index (κ3) is 2.78. The quantitative estimate of drug-likeness (QED) is 0.719. The zero-order chi connectivity index (χ0) is 11.6. The van der Waals surface area contributed by atoms with Gasteiger partial charge < -0.3 is 14.4 Å². The highest BCUT2D eigenvalue weighted by molar-refractivity contribution is 7.79. The molecule has 0 bridgehead atoms. The van der Waals surface area contributed by atoms with Gasteiger partial charge >= 0.3 is 0 Å². The normalized spacial score (nSPS) is 40.3. The van der Waals surface area contributed by atoms with Crippen molar-refractivity contribution in [3.05, 3.63) is 0 Å². The summed E-state index contributed by atoms with van der Waals surface area (Å²) in [6.07, 6.45) is 0.704. The maximum absolute atomic E-state index is 11.0. The Hall–Kier alpha value is 0.0300. The lowest BCUT2D eigenvalue weighted by atomic mass is 9.85. The van der Waals surface area contributed by atoms with Crippen LogP contribution in [0.5, 0.6) is 0 Å². The van der Waals surface area contributed by atoms with Crippen molar-refractivity contribution in [2.24, 2.45) is 5.92 Å². The molecule has 4 nitrogen and oxygen atoms in total. The van der Waals surface area contributed by atoms with E-state index in [1.807, 2.05) is 20.8 Å². The minimum absolute atomic E-state index is 0.00935. The zero-order valence-electron chi connectivity index (χ0n) is 9.47. The Kier molecular flexibility index (Phi) is 4.29. The lowest BCUT2D eigenvalue weighted by Gasteiger charge is -2.31. The van der Waals surface area contributed by atoms with Crippen molar-refractivity contribution < 1.29 is 18.6 Å². The van der Waals surface area contributed by atoms with E-state index < -0.39 is 22.8 Å². The molecule has 0 aromatic heterocycles. The average molecular weight is 236 g/mol. The van der Waals surface area contributed by atoms with Gasteiger partial charge in [0.1, 0.15) is 0 Å². The van der Waals surface area contributed by atoms with Gasteiger partial charge in [0.15, 0.2) is 11.1 Å². The Labute approximate surface area is 93.3 Å². The summed E-state index contributed by atoms with van der Waals surface area (Å²) in [6, 6.07) is 0. The molecule has 0 saturated carbocycles. The van der Waals surface area contributed by atoms with E-state index in [2.05, 4.69) is 0 Å². The number of aliphatic hydroxyl groups excluding tert-OH is 1. The van der Waals surface area contributed by atoms with Gasteiger partial charge in [-0.3, -0.25) is 0 Å². The standard InChI is InChI=1S/C10H20O4S/c1-4-8(15(12)13)5-10(3)7(2)9(11)6-14-10/h7-9,11H,4-6H2,1-3H3,(H,12,13). The first-order valence-electron chi connectivity index (χ1n) is 5.32. The van der Waals surface area contributed by atoms with Gasteiger partial charge in [0.05, 0.1) is 23.6 Å². The van der Waals surface area contributed by atoms with Crippen LogP contribution in [0, 0.1) is 5.92 Å². The Morgan fingerprint density at radius 1 is 1.67 bits per heavy atom.